The van der Waals surface area contributed by atoms with Gasteiger partial charge in [0.1, 0.15) is 0 Å². The first kappa shape index (κ1) is 20.2. The molecule has 1 heterocycles. The minimum absolute atomic E-state index is 0.0448. The number of aromatic nitrogens is 2. The van der Waals surface area contributed by atoms with Crippen LogP contribution < -0.4 is 10.6 Å². The number of amides is 2. The highest BCUT2D eigenvalue weighted by Gasteiger charge is 2.42. The van der Waals surface area contributed by atoms with Gasteiger partial charge in [0.2, 0.25) is 11.8 Å². The topological polar surface area (TPSA) is 76.0 Å². The van der Waals surface area contributed by atoms with Gasteiger partial charge in [-0.25, -0.2) is 4.68 Å². The summed E-state index contributed by atoms with van der Waals surface area (Å²) in [7, 11) is 0. The summed E-state index contributed by atoms with van der Waals surface area (Å²) < 4.78 is 1.25. The van der Waals surface area contributed by atoms with Crippen molar-refractivity contribution in [1.82, 2.24) is 15.1 Å². The van der Waals surface area contributed by atoms with Gasteiger partial charge in [0.25, 0.3) is 0 Å². The Morgan fingerprint density at radius 2 is 1.73 bits per heavy atom. The molecule has 6 nitrogen and oxygen atoms in total. The molecule has 2 aromatic carbocycles. The van der Waals surface area contributed by atoms with Crippen LogP contribution in [0.2, 0.25) is 0 Å². The lowest BCUT2D eigenvalue weighted by atomic mass is 10.1. The molecule has 4 rings (SSSR count). The molecule has 3 aromatic rings. The van der Waals surface area contributed by atoms with Gasteiger partial charge in [0, 0.05) is 23.0 Å². The number of benzene rings is 2. The molecule has 1 aromatic heterocycles. The molecular weight excluding hydrogens is 396 g/mol. The highest BCUT2D eigenvalue weighted by molar-refractivity contribution is 8.01. The number of nitrogens with one attached hydrogen (secondary N) is 2. The quantitative estimate of drug-likeness (QED) is 0.605. The molecule has 0 atom stereocenters. The maximum Gasteiger partial charge on any atom is 0.243 e. The van der Waals surface area contributed by atoms with Gasteiger partial charge < -0.3 is 10.6 Å². The lowest BCUT2D eigenvalue weighted by Crippen LogP contribution is -2.45. The fourth-order valence-corrected chi connectivity index (χ4v) is 5.08. The summed E-state index contributed by atoms with van der Waals surface area (Å²) in [5, 5.41) is 9.87. The fraction of sp³-hybridized carbons (Fsp3) is 0.261. The molecule has 1 fully saturated rings. The van der Waals surface area contributed by atoms with Crippen LogP contribution in [0.3, 0.4) is 0 Å². The number of anilines is 1. The predicted molar refractivity (Wildman–Crippen MR) is 119 cm³/mol. The van der Waals surface area contributed by atoms with E-state index in [4.69, 9.17) is 0 Å². The second-order valence-corrected chi connectivity index (χ2v) is 8.80. The fourth-order valence-electron chi connectivity index (χ4n) is 3.68. The van der Waals surface area contributed by atoms with E-state index in [0.717, 1.165) is 36.3 Å². The Balaban J connectivity index is 1.33. The Labute approximate surface area is 180 Å². The summed E-state index contributed by atoms with van der Waals surface area (Å²) in [5.74, 6) is -0.300. The van der Waals surface area contributed by atoms with E-state index in [0.29, 0.717) is 5.69 Å². The molecular formula is C23H24N4O2S. The third-order valence-electron chi connectivity index (χ3n) is 5.21. The average Bonchev–Trinajstić information content (AvgIpc) is 3.46. The highest BCUT2D eigenvalue weighted by Crippen LogP contribution is 2.45. The summed E-state index contributed by atoms with van der Waals surface area (Å²) in [6, 6.07) is 19.2. The van der Waals surface area contributed by atoms with Gasteiger partial charge >= 0.3 is 0 Å². The minimum atomic E-state index is -0.493. The molecule has 0 spiro atoms. The molecule has 1 saturated carbocycles. The first-order valence-corrected chi connectivity index (χ1v) is 10.9. The maximum absolute atomic E-state index is 13.0. The van der Waals surface area contributed by atoms with E-state index in [9.17, 15) is 9.59 Å². The normalized spacial score (nSPS) is 14.9. The predicted octanol–water partition coefficient (Wildman–Crippen LogP) is 4.03. The van der Waals surface area contributed by atoms with Crippen LogP contribution in [0, 0.1) is 0 Å². The largest absolute Gasteiger partial charge is 0.346 e. The number of carbonyl (C=O) groups excluding carboxylic acids is 2. The zero-order valence-electron chi connectivity index (χ0n) is 16.6. The third-order valence-corrected chi connectivity index (χ3v) is 6.70. The molecule has 0 radical (unpaired) electrons. The monoisotopic (exact) mass is 420 g/mol. The van der Waals surface area contributed by atoms with Crippen LogP contribution in [0.4, 0.5) is 5.69 Å². The summed E-state index contributed by atoms with van der Waals surface area (Å²) in [4.78, 5) is 26.4. The summed E-state index contributed by atoms with van der Waals surface area (Å²) >= 11 is 1.61. The Hall–Kier alpha value is -3.06. The molecule has 0 bridgehead atoms. The van der Waals surface area contributed by atoms with Crippen LogP contribution in [-0.4, -0.2) is 32.9 Å². The Bertz CT molecular complexity index is 982. The molecule has 1 aliphatic rings. The first-order valence-electron chi connectivity index (χ1n) is 10.1. The van der Waals surface area contributed by atoms with Crippen molar-refractivity contribution in [2.45, 2.75) is 35.3 Å². The third kappa shape index (κ3) is 4.74. The van der Waals surface area contributed by atoms with Crippen LogP contribution in [-0.2, 0) is 9.59 Å². The molecule has 7 heteroatoms. The molecule has 1 aliphatic carbocycles. The molecule has 154 valence electrons. The second-order valence-electron chi connectivity index (χ2n) is 7.34. The van der Waals surface area contributed by atoms with Crippen LogP contribution in [0.5, 0.6) is 0 Å². The lowest BCUT2D eigenvalue weighted by molar-refractivity contribution is -0.125. The Kier molecular flexibility index (Phi) is 6.18. The molecule has 0 unspecified atom stereocenters. The van der Waals surface area contributed by atoms with Gasteiger partial charge in [-0.1, -0.05) is 31.0 Å². The van der Waals surface area contributed by atoms with E-state index in [-0.39, 0.29) is 18.4 Å². The number of hydrogen-bond acceptors (Lipinski definition) is 4. The van der Waals surface area contributed by atoms with Crippen LogP contribution in [0.25, 0.3) is 5.69 Å². The van der Waals surface area contributed by atoms with Crippen molar-refractivity contribution in [3.63, 3.8) is 0 Å². The first-order chi connectivity index (χ1) is 14.6. The molecule has 0 aliphatic heterocycles. The molecule has 2 amide bonds. The van der Waals surface area contributed by atoms with Gasteiger partial charge in [-0.3, -0.25) is 9.59 Å². The van der Waals surface area contributed by atoms with Crippen molar-refractivity contribution < 1.29 is 9.59 Å². The van der Waals surface area contributed by atoms with Gasteiger partial charge in [-0.2, -0.15) is 5.10 Å². The average molecular weight is 421 g/mol. The molecule has 30 heavy (non-hydrogen) atoms. The summed E-state index contributed by atoms with van der Waals surface area (Å²) in [5.41, 5.74) is 1.59. The number of hydrogen-bond donors (Lipinski definition) is 2. The van der Waals surface area contributed by atoms with Gasteiger partial charge in [-0.15, -0.1) is 11.8 Å². The zero-order valence-corrected chi connectivity index (χ0v) is 17.4. The van der Waals surface area contributed by atoms with E-state index < -0.39 is 4.75 Å². The summed E-state index contributed by atoms with van der Waals surface area (Å²) in [6.07, 6.45) is 7.29. The van der Waals surface area contributed by atoms with Crippen molar-refractivity contribution >= 4 is 29.3 Å². The van der Waals surface area contributed by atoms with Crippen molar-refractivity contribution in [1.29, 1.82) is 0 Å². The van der Waals surface area contributed by atoms with E-state index in [2.05, 4.69) is 15.7 Å². The Morgan fingerprint density at radius 3 is 2.40 bits per heavy atom. The SMILES string of the molecule is O=C(CNC(=O)C1(Sc2ccccc2)CCCC1)Nc1ccc(-n2cccn2)cc1. The maximum atomic E-state index is 13.0. The van der Waals surface area contributed by atoms with Gasteiger partial charge in [0.05, 0.1) is 17.0 Å². The standard InChI is InChI=1S/C23H24N4O2S/c28-21(26-18-9-11-19(12-10-18)27-16-6-15-25-27)17-24-22(29)23(13-4-5-14-23)30-20-7-2-1-3-8-20/h1-3,6-12,15-16H,4-5,13-14,17H2,(H,24,29)(H,26,28). The zero-order chi connectivity index (χ0) is 20.8. The molecule has 2 N–H and O–H groups in total. The van der Waals surface area contributed by atoms with Crippen LogP contribution in [0.15, 0.2) is 78.0 Å². The number of nitrogens with zero attached hydrogens (tertiary/aromatic N) is 2. The van der Waals surface area contributed by atoms with Crippen molar-refractivity contribution in [2.24, 2.45) is 0 Å². The molecule has 0 saturated heterocycles. The van der Waals surface area contributed by atoms with Crippen LogP contribution in [0.1, 0.15) is 25.7 Å². The van der Waals surface area contributed by atoms with Crippen LogP contribution >= 0.6 is 11.8 Å². The number of thioether (sulfide) groups is 1. The second kappa shape index (κ2) is 9.17. The van der Waals surface area contributed by atoms with Crippen molar-refractivity contribution in [3.8, 4) is 5.69 Å². The number of carbonyl (C=O) groups is 2. The van der Waals surface area contributed by atoms with E-state index in [1.807, 2.05) is 66.9 Å². The van der Waals surface area contributed by atoms with Crippen molar-refractivity contribution in [2.75, 3.05) is 11.9 Å². The minimum Gasteiger partial charge on any atom is -0.346 e. The van der Waals surface area contributed by atoms with E-state index in [1.54, 1.807) is 22.6 Å². The van der Waals surface area contributed by atoms with Gasteiger partial charge in [0.15, 0.2) is 0 Å². The van der Waals surface area contributed by atoms with E-state index >= 15 is 0 Å². The number of rotatable bonds is 7. The van der Waals surface area contributed by atoms with Crippen molar-refractivity contribution in [3.05, 3.63) is 73.1 Å². The van der Waals surface area contributed by atoms with Gasteiger partial charge in [-0.05, 0) is 55.3 Å². The smallest absolute Gasteiger partial charge is 0.243 e. The lowest BCUT2D eigenvalue weighted by Gasteiger charge is -2.27. The summed E-state index contributed by atoms with van der Waals surface area (Å²) in [6.45, 7) is -0.0448. The van der Waals surface area contributed by atoms with E-state index in [1.165, 1.54) is 0 Å². The highest BCUT2D eigenvalue weighted by atomic mass is 32.2. The Morgan fingerprint density at radius 1 is 1.00 bits per heavy atom.